The molecule has 0 saturated heterocycles. The Hall–Kier alpha value is -1.98. The van der Waals surface area contributed by atoms with Crippen LogP contribution >= 0.6 is 11.6 Å². The summed E-state index contributed by atoms with van der Waals surface area (Å²) in [6.45, 7) is 0. The Kier molecular flexibility index (Phi) is 4.22. The zero-order valence-electron chi connectivity index (χ0n) is 9.81. The van der Waals surface area contributed by atoms with Crippen LogP contribution in [0.2, 0.25) is 5.02 Å². The maximum atomic E-state index is 8.93. The molecule has 0 bridgehead atoms. The lowest BCUT2D eigenvalue weighted by Crippen LogP contribution is -2.10. The molecule has 0 radical (unpaired) electrons. The summed E-state index contributed by atoms with van der Waals surface area (Å²) in [5.74, 6) is 0. The number of nitriles is 1. The van der Waals surface area contributed by atoms with Crippen LogP contribution in [-0.4, -0.2) is 0 Å². The summed E-state index contributed by atoms with van der Waals surface area (Å²) in [6, 6.07) is 19.5. The second kappa shape index (κ2) is 6.09. The van der Waals surface area contributed by atoms with E-state index >= 15 is 0 Å². The minimum atomic E-state index is -0.0916. The molecule has 0 aliphatic rings. The SMILES string of the molecule is N#CCC(Nc1ccccc1)c1ccccc1Cl. The van der Waals surface area contributed by atoms with Crippen molar-refractivity contribution in [1.29, 1.82) is 5.26 Å². The maximum Gasteiger partial charge on any atom is 0.0658 e. The highest BCUT2D eigenvalue weighted by atomic mass is 35.5. The third-order valence-electron chi connectivity index (χ3n) is 2.69. The third-order valence-corrected chi connectivity index (χ3v) is 3.03. The molecule has 0 fully saturated rings. The van der Waals surface area contributed by atoms with Crippen LogP contribution in [0, 0.1) is 11.3 Å². The molecule has 3 heteroatoms. The van der Waals surface area contributed by atoms with Crippen molar-refractivity contribution < 1.29 is 0 Å². The first-order valence-electron chi connectivity index (χ1n) is 5.74. The van der Waals surface area contributed by atoms with Crippen molar-refractivity contribution in [2.45, 2.75) is 12.5 Å². The molecule has 0 spiro atoms. The van der Waals surface area contributed by atoms with Gasteiger partial charge in [-0.05, 0) is 23.8 Å². The number of benzene rings is 2. The van der Waals surface area contributed by atoms with Gasteiger partial charge in [0.1, 0.15) is 0 Å². The maximum absolute atomic E-state index is 8.93. The van der Waals surface area contributed by atoms with Gasteiger partial charge in [-0.3, -0.25) is 0 Å². The number of rotatable bonds is 4. The van der Waals surface area contributed by atoms with Crippen molar-refractivity contribution in [3.05, 3.63) is 65.2 Å². The third kappa shape index (κ3) is 3.03. The normalized spacial score (nSPS) is 11.6. The van der Waals surface area contributed by atoms with Crippen molar-refractivity contribution in [3.8, 4) is 6.07 Å². The van der Waals surface area contributed by atoms with Crippen LogP contribution in [0.1, 0.15) is 18.0 Å². The van der Waals surface area contributed by atoms with Crippen molar-refractivity contribution in [2.24, 2.45) is 0 Å². The van der Waals surface area contributed by atoms with Crippen LogP contribution in [0.4, 0.5) is 5.69 Å². The molecule has 2 rings (SSSR count). The van der Waals surface area contributed by atoms with Crippen LogP contribution < -0.4 is 5.32 Å². The van der Waals surface area contributed by atoms with E-state index in [2.05, 4.69) is 11.4 Å². The van der Waals surface area contributed by atoms with E-state index in [-0.39, 0.29) is 6.04 Å². The average molecular weight is 257 g/mol. The van der Waals surface area contributed by atoms with E-state index < -0.39 is 0 Å². The van der Waals surface area contributed by atoms with E-state index in [0.717, 1.165) is 11.3 Å². The van der Waals surface area contributed by atoms with Gasteiger partial charge in [0.2, 0.25) is 0 Å². The Morgan fingerprint density at radius 1 is 1.06 bits per heavy atom. The molecule has 2 aromatic carbocycles. The molecule has 0 heterocycles. The highest BCUT2D eigenvalue weighted by Gasteiger charge is 2.13. The Bertz CT molecular complexity index is 546. The number of hydrogen-bond acceptors (Lipinski definition) is 2. The molecule has 1 unspecified atom stereocenters. The number of hydrogen-bond donors (Lipinski definition) is 1. The second-order valence-electron chi connectivity index (χ2n) is 3.95. The van der Waals surface area contributed by atoms with Crippen molar-refractivity contribution in [2.75, 3.05) is 5.32 Å². The number of nitrogens with one attached hydrogen (secondary N) is 1. The van der Waals surface area contributed by atoms with Gasteiger partial charge in [-0.25, -0.2) is 0 Å². The standard InChI is InChI=1S/C15H13ClN2/c16-14-9-5-4-8-13(14)15(10-11-17)18-12-6-2-1-3-7-12/h1-9,15,18H,10H2. The van der Waals surface area contributed by atoms with E-state index in [0.29, 0.717) is 11.4 Å². The molecule has 1 atom stereocenters. The van der Waals surface area contributed by atoms with Crippen LogP contribution in [0.5, 0.6) is 0 Å². The first-order chi connectivity index (χ1) is 8.81. The fourth-order valence-electron chi connectivity index (χ4n) is 1.82. The monoisotopic (exact) mass is 256 g/mol. The number of nitrogens with zero attached hydrogens (tertiary/aromatic N) is 1. The Labute approximate surface area is 112 Å². The van der Waals surface area contributed by atoms with Gasteiger partial charge < -0.3 is 5.32 Å². The van der Waals surface area contributed by atoms with Crippen molar-refractivity contribution in [3.63, 3.8) is 0 Å². The van der Waals surface area contributed by atoms with Gasteiger partial charge in [-0.1, -0.05) is 48.0 Å². The van der Waals surface area contributed by atoms with E-state index in [1.807, 2.05) is 54.6 Å². The smallest absolute Gasteiger partial charge is 0.0658 e. The predicted octanol–water partition coefficient (Wildman–Crippen LogP) is 4.41. The second-order valence-corrected chi connectivity index (χ2v) is 4.35. The zero-order valence-corrected chi connectivity index (χ0v) is 10.6. The minimum absolute atomic E-state index is 0.0916. The highest BCUT2D eigenvalue weighted by molar-refractivity contribution is 6.31. The lowest BCUT2D eigenvalue weighted by Gasteiger charge is -2.18. The summed E-state index contributed by atoms with van der Waals surface area (Å²) < 4.78 is 0. The summed E-state index contributed by atoms with van der Waals surface area (Å²) in [5, 5.41) is 12.9. The number of para-hydroxylation sites is 1. The van der Waals surface area contributed by atoms with Crippen LogP contribution in [0.25, 0.3) is 0 Å². The van der Waals surface area contributed by atoms with Gasteiger partial charge in [0.05, 0.1) is 18.5 Å². The number of anilines is 1. The first-order valence-corrected chi connectivity index (χ1v) is 6.12. The summed E-state index contributed by atoms with van der Waals surface area (Å²) in [7, 11) is 0. The van der Waals surface area contributed by atoms with Gasteiger partial charge >= 0.3 is 0 Å². The van der Waals surface area contributed by atoms with E-state index in [1.54, 1.807) is 0 Å². The molecule has 2 aromatic rings. The van der Waals surface area contributed by atoms with Crippen LogP contribution in [0.3, 0.4) is 0 Å². The molecule has 90 valence electrons. The number of halogens is 1. The minimum Gasteiger partial charge on any atom is -0.377 e. The average Bonchev–Trinajstić information content (AvgIpc) is 2.40. The summed E-state index contributed by atoms with van der Waals surface area (Å²) in [5.41, 5.74) is 1.93. The van der Waals surface area contributed by atoms with E-state index in [1.165, 1.54) is 0 Å². The Morgan fingerprint density at radius 3 is 2.39 bits per heavy atom. The van der Waals surface area contributed by atoms with Crippen molar-refractivity contribution in [1.82, 2.24) is 0 Å². The molecule has 0 aliphatic heterocycles. The lowest BCUT2D eigenvalue weighted by atomic mass is 10.0. The van der Waals surface area contributed by atoms with Gasteiger partial charge in [0.15, 0.2) is 0 Å². The summed E-state index contributed by atoms with van der Waals surface area (Å²) >= 11 is 6.17. The van der Waals surface area contributed by atoms with Gasteiger partial charge in [-0.2, -0.15) is 5.26 Å². The molecule has 0 aromatic heterocycles. The molecule has 18 heavy (non-hydrogen) atoms. The first kappa shape index (κ1) is 12.5. The predicted molar refractivity (Wildman–Crippen MR) is 74.5 cm³/mol. The molecule has 0 aliphatic carbocycles. The van der Waals surface area contributed by atoms with E-state index in [4.69, 9.17) is 16.9 Å². The topological polar surface area (TPSA) is 35.8 Å². The molecule has 2 nitrogen and oxygen atoms in total. The summed E-state index contributed by atoms with van der Waals surface area (Å²) in [6.07, 6.45) is 0.374. The quantitative estimate of drug-likeness (QED) is 0.880. The van der Waals surface area contributed by atoms with E-state index in [9.17, 15) is 0 Å². The lowest BCUT2D eigenvalue weighted by molar-refractivity contribution is 0.806. The van der Waals surface area contributed by atoms with Crippen LogP contribution in [-0.2, 0) is 0 Å². The summed E-state index contributed by atoms with van der Waals surface area (Å²) in [4.78, 5) is 0. The fraction of sp³-hybridized carbons (Fsp3) is 0.133. The van der Waals surface area contributed by atoms with Crippen molar-refractivity contribution >= 4 is 17.3 Å². The Balaban J connectivity index is 2.25. The fourth-order valence-corrected chi connectivity index (χ4v) is 2.09. The zero-order chi connectivity index (χ0) is 12.8. The van der Waals surface area contributed by atoms with Gasteiger partial charge in [0.25, 0.3) is 0 Å². The van der Waals surface area contributed by atoms with Gasteiger partial charge in [0, 0.05) is 10.7 Å². The molecule has 0 amide bonds. The molecule has 1 N–H and O–H groups in total. The highest BCUT2D eigenvalue weighted by Crippen LogP contribution is 2.28. The molecule has 0 saturated carbocycles. The Morgan fingerprint density at radius 2 is 1.72 bits per heavy atom. The molecular formula is C15H13ClN2. The van der Waals surface area contributed by atoms with Crippen LogP contribution in [0.15, 0.2) is 54.6 Å². The molecular weight excluding hydrogens is 244 g/mol. The largest absolute Gasteiger partial charge is 0.377 e. The van der Waals surface area contributed by atoms with Gasteiger partial charge in [-0.15, -0.1) is 0 Å².